The van der Waals surface area contributed by atoms with E-state index in [4.69, 9.17) is 34.2 Å². The summed E-state index contributed by atoms with van der Waals surface area (Å²) < 4.78 is 0. The quantitative estimate of drug-likeness (QED) is 0.904. The molecule has 2 aromatic carbocycles. The van der Waals surface area contributed by atoms with Crippen LogP contribution in [0.15, 0.2) is 36.4 Å². The van der Waals surface area contributed by atoms with Gasteiger partial charge in [-0.2, -0.15) is 5.26 Å². The summed E-state index contributed by atoms with van der Waals surface area (Å²) >= 11 is 12.2. The van der Waals surface area contributed by atoms with E-state index in [1.165, 1.54) is 6.07 Å². The van der Waals surface area contributed by atoms with Crippen LogP contribution in [0.5, 0.6) is 0 Å². The second-order valence-corrected chi connectivity index (χ2v) is 5.14. The second-order valence-electron chi connectivity index (χ2n) is 4.33. The molecular weight excluding hydrogens is 309 g/mol. The fourth-order valence-electron chi connectivity index (χ4n) is 1.76. The van der Waals surface area contributed by atoms with Gasteiger partial charge in [0.2, 0.25) is 5.91 Å². The molecule has 0 aliphatic heterocycles. The summed E-state index contributed by atoms with van der Waals surface area (Å²) in [5.41, 5.74) is 7.55. The molecule has 0 heterocycles. The number of primary amides is 1. The Kier molecular flexibility index (Phi) is 4.69. The summed E-state index contributed by atoms with van der Waals surface area (Å²) in [6.07, 6.45) is 0. The van der Waals surface area contributed by atoms with Crippen LogP contribution in [-0.4, -0.2) is 5.91 Å². The van der Waals surface area contributed by atoms with Crippen molar-refractivity contribution >= 4 is 34.8 Å². The molecule has 0 fully saturated rings. The minimum absolute atomic E-state index is 0.361. The number of halogens is 2. The normalized spacial score (nSPS) is 9.95. The average Bonchev–Trinajstić information content (AvgIpc) is 2.46. The summed E-state index contributed by atoms with van der Waals surface area (Å²) in [7, 11) is 0. The Hall–Kier alpha value is -2.22. The number of nitrogens with two attached hydrogens (primary N) is 1. The molecule has 0 saturated carbocycles. The number of carbonyl (C=O) groups is 1. The molecule has 106 valence electrons. The van der Waals surface area contributed by atoms with Crippen LogP contribution in [-0.2, 0) is 6.54 Å². The zero-order valence-electron chi connectivity index (χ0n) is 10.9. The van der Waals surface area contributed by atoms with Crippen LogP contribution >= 0.6 is 23.2 Å². The fraction of sp³-hybridized carbons (Fsp3) is 0.0667. The van der Waals surface area contributed by atoms with Gasteiger partial charge in [0, 0.05) is 17.1 Å². The van der Waals surface area contributed by atoms with Gasteiger partial charge in [-0.1, -0.05) is 29.3 Å². The largest absolute Gasteiger partial charge is 0.380 e. The number of nitriles is 1. The molecule has 0 unspecified atom stereocenters. The van der Waals surface area contributed by atoms with E-state index in [1.54, 1.807) is 30.3 Å². The second kappa shape index (κ2) is 6.49. The van der Waals surface area contributed by atoms with Gasteiger partial charge in [0.25, 0.3) is 0 Å². The van der Waals surface area contributed by atoms with Gasteiger partial charge >= 0.3 is 0 Å². The van der Waals surface area contributed by atoms with E-state index in [-0.39, 0.29) is 0 Å². The highest BCUT2D eigenvalue weighted by Crippen LogP contribution is 2.25. The number of hydrogen-bond donors (Lipinski definition) is 2. The number of benzene rings is 2. The van der Waals surface area contributed by atoms with Gasteiger partial charge in [-0.25, -0.2) is 0 Å². The summed E-state index contributed by atoms with van der Waals surface area (Å²) in [4.78, 5) is 11.1. The third kappa shape index (κ3) is 3.66. The fourth-order valence-corrected chi connectivity index (χ4v) is 2.26. The number of rotatable bonds is 4. The molecule has 0 radical (unpaired) electrons. The number of amides is 1. The Labute approximate surface area is 132 Å². The van der Waals surface area contributed by atoms with Gasteiger partial charge in [0.05, 0.1) is 22.3 Å². The van der Waals surface area contributed by atoms with Crippen LogP contribution in [0.1, 0.15) is 21.5 Å². The summed E-state index contributed by atoms with van der Waals surface area (Å²) in [5, 5.41) is 12.8. The van der Waals surface area contributed by atoms with Crippen molar-refractivity contribution in [1.82, 2.24) is 0 Å². The lowest BCUT2D eigenvalue weighted by Gasteiger charge is -2.10. The van der Waals surface area contributed by atoms with Crippen molar-refractivity contribution in [3.05, 3.63) is 63.1 Å². The van der Waals surface area contributed by atoms with E-state index in [2.05, 4.69) is 5.32 Å². The van der Waals surface area contributed by atoms with Gasteiger partial charge in [-0.15, -0.1) is 0 Å². The molecule has 3 N–H and O–H groups in total. The zero-order chi connectivity index (χ0) is 15.4. The number of carbonyl (C=O) groups excluding carboxylic acids is 1. The Morgan fingerprint density at radius 2 is 1.95 bits per heavy atom. The van der Waals surface area contributed by atoms with E-state index in [0.717, 1.165) is 5.56 Å². The third-order valence-corrected chi connectivity index (χ3v) is 3.57. The minimum atomic E-state index is -0.522. The maximum absolute atomic E-state index is 11.1. The molecule has 0 aromatic heterocycles. The number of hydrogen-bond acceptors (Lipinski definition) is 3. The number of nitrogens with zero attached hydrogens (tertiary/aromatic N) is 1. The Balaban J connectivity index is 2.13. The SMILES string of the molecule is N#Cc1ccc(NCc2ccc(C(N)=O)cc2Cl)c(Cl)c1. The number of anilines is 1. The molecular formula is C15H11Cl2N3O. The lowest BCUT2D eigenvalue weighted by Crippen LogP contribution is -2.11. The Morgan fingerprint density at radius 1 is 1.19 bits per heavy atom. The zero-order valence-corrected chi connectivity index (χ0v) is 12.4. The first-order valence-electron chi connectivity index (χ1n) is 6.03. The summed E-state index contributed by atoms with van der Waals surface area (Å²) in [6, 6.07) is 11.9. The van der Waals surface area contributed by atoms with Gasteiger partial charge in [0.1, 0.15) is 0 Å². The molecule has 1 amide bonds. The standard InChI is InChI=1S/C15H11Cl2N3O/c16-12-6-10(15(19)21)2-3-11(12)8-20-14-4-1-9(7-18)5-13(14)17/h1-6,20H,8H2,(H2,19,21). The molecule has 4 nitrogen and oxygen atoms in total. The van der Waals surface area contributed by atoms with Gasteiger partial charge in [-0.05, 0) is 35.9 Å². The predicted molar refractivity (Wildman–Crippen MR) is 83.5 cm³/mol. The summed E-state index contributed by atoms with van der Waals surface area (Å²) in [5.74, 6) is -0.522. The first-order valence-corrected chi connectivity index (χ1v) is 6.78. The van der Waals surface area contributed by atoms with Crippen molar-refractivity contribution in [3.63, 3.8) is 0 Å². The molecule has 0 aliphatic carbocycles. The smallest absolute Gasteiger partial charge is 0.248 e. The van der Waals surface area contributed by atoms with Crippen molar-refractivity contribution in [3.8, 4) is 6.07 Å². The van der Waals surface area contributed by atoms with E-state index in [0.29, 0.717) is 33.4 Å². The molecule has 6 heteroatoms. The van der Waals surface area contributed by atoms with E-state index >= 15 is 0 Å². The minimum Gasteiger partial charge on any atom is -0.380 e. The molecule has 0 spiro atoms. The maximum Gasteiger partial charge on any atom is 0.248 e. The van der Waals surface area contributed by atoms with Crippen molar-refractivity contribution in [2.75, 3.05) is 5.32 Å². The highest BCUT2D eigenvalue weighted by molar-refractivity contribution is 6.33. The van der Waals surface area contributed by atoms with E-state index in [1.807, 2.05) is 6.07 Å². The van der Waals surface area contributed by atoms with Crippen LogP contribution < -0.4 is 11.1 Å². The monoisotopic (exact) mass is 319 g/mol. The van der Waals surface area contributed by atoms with Gasteiger partial charge in [-0.3, -0.25) is 4.79 Å². The summed E-state index contributed by atoms with van der Waals surface area (Å²) in [6.45, 7) is 0.434. The van der Waals surface area contributed by atoms with Crippen LogP contribution in [0.2, 0.25) is 10.0 Å². The Morgan fingerprint density at radius 3 is 2.52 bits per heavy atom. The van der Waals surface area contributed by atoms with Crippen molar-refractivity contribution in [2.45, 2.75) is 6.54 Å². The van der Waals surface area contributed by atoms with Crippen molar-refractivity contribution in [2.24, 2.45) is 5.73 Å². The average molecular weight is 320 g/mol. The predicted octanol–water partition coefficient (Wildman–Crippen LogP) is 3.58. The van der Waals surface area contributed by atoms with Crippen LogP contribution in [0, 0.1) is 11.3 Å². The van der Waals surface area contributed by atoms with Crippen molar-refractivity contribution in [1.29, 1.82) is 5.26 Å². The van der Waals surface area contributed by atoms with Gasteiger partial charge < -0.3 is 11.1 Å². The topological polar surface area (TPSA) is 78.9 Å². The molecule has 0 aliphatic rings. The highest BCUT2D eigenvalue weighted by Gasteiger charge is 2.07. The molecule has 0 bridgehead atoms. The van der Waals surface area contributed by atoms with Crippen LogP contribution in [0.4, 0.5) is 5.69 Å². The first-order chi connectivity index (χ1) is 10.0. The molecule has 21 heavy (non-hydrogen) atoms. The third-order valence-electron chi connectivity index (χ3n) is 2.91. The van der Waals surface area contributed by atoms with E-state index < -0.39 is 5.91 Å². The lowest BCUT2D eigenvalue weighted by atomic mass is 10.1. The van der Waals surface area contributed by atoms with Gasteiger partial charge in [0.15, 0.2) is 0 Å². The lowest BCUT2D eigenvalue weighted by molar-refractivity contribution is 0.100. The first kappa shape index (κ1) is 15.2. The molecule has 2 aromatic rings. The van der Waals surface area contributed by atoms with Crippen molar-refractivity contribution < 1.29 is 4.79 Å². The number of nitrogens with one attached hydrogen (secondary N) is 1. The van der Waals surface area contributed by atoms with Crippen LogP contribution in [0.3, 0.4) is 0 Å². The highest BCUT2D eigenvalue weighted by atomic mass is 35.5. The molecule has 0 saturated heterocycles. The van der Waals surface area contributed by atoms with Crippen LogP contribution in [0.25, 0.3) is 0 Å². The Bertz CT molecular complexity index is 738. The molecule has 0 atom stereocenters. The maximum atomic E-state index is 11.1. The molecule has 2 rings (SSSR count). The van der Waals surface area contributed by atoms with E-state index in [9.17, 15) is 4.79 Å².